The molecular formula is C22H21F2N3O3. The number of rotatable bonds is 4. The lowest BCUT2D eigenvalue weighted by Gasteiger charge is -2.32. The highest BCUT2D eigenvalue weighted by Crippen LogP contribution is 2.33. The lowest BCUT2D eigenvalue weighted by molar-refractivity contribution is -0.146. The van der Waals surface area contributed by atoms with Gasteiger partial charge in [0.1, 0.15) is 11.6 Å². The fraction of sp³-hybridized carbons (Fsp3) is 0.273. The molecule has 0 unspecified atom stereocenters. The molecule has 0 aromatic heterocycles. The molecule has 0 atom stereocenters. The molecule has 2 heterocycles. The number of carbonyl (C=O) groups is 2. The Bertz CT molecular complexity index is 1030. The first-order chi connectivity index (χ1) is 14.5. The van der Waals surface area contributed by atoms with Gasteiger partial charge in [-0.05, 0) is 49.2 Å². The van der Waals surface area contributed by atoms with E-state index in [-0.39, 0.29) is 17.8 Å². The first-order valence-electron chi connectivity index (χ1n) is 9.66. The van der Waals surface area contributed by atoms with Gasteiger partial charge in [-0.15, -0.1) is 0 Å². The summed E-state index contributed by atoms with van der Waals surface area (Å²) in [6.07, 6.45) is 2.72. The fourth-order valence-electron chi connectivity index (χ4n) is 3.84. The summed E-state index contributed by atoms with van der Waals surface area (Å²) in [4.78, 5) is 25.7. The fourth-order valence-corrected chi connectivity index (χ4v) is 3.84. The van der Waals surface area contributed by atoms with Crippen LogP contribution in [0.3, 0.4) is 0 Å². The van der Waals surface area contributed by atoms with Crippen molar-refractivity contribution in [3.8, 4) is 0 Å². The van der Waals surface area contributed by atoms with E-state index in [9.17, 15) is 18.4 Å². The van der Waals surface area contributed by atoms with Crippen LogP contribution in [0.25, 0.3) is 5.57 Å². The Morgan fingerprint density at radius 1 is 1.20 bits per heavy atom. The van der Waals surface area contributed by atoms with Crippen molar-refractivity contribution < 1.29 is 23.1 Å². The molecule has 2 aromatic carbocycles. The van der Waals surface area contributed by atoms with Gasteiger partial charge in [0.15, 0.2) is 0 Å². The van der Waals surface area contributed by atoms with Crippen molar-refractivity contribution in [2.45, 2.75) is 12.8 Å². The van der Waals surface area contributed by atoms with Crippen molar-refractivity contribution in [3.63, 3.8) is 0 Å². The molecule has 2 aliphatic heterocycles. The monoisotopic (exact) mass is 413 g/mol. The molecule has 0 spiro atoms. The van der Waals surface area contributed by atoms with Gasteiger partial charge in [0.25, 0.3) is 5.91 Å². The third kappa shape index (κ3) is 3.85. The van der Waals surface area contributed by atoms with Crippen LogP contribution in [0, 0.1) is 17.6 Å². The highest BCUT2D eigenvalue weighted by molar-refractivity contribution is 6.31. The summed E-state index contributed by atoms with van der Waals surface area (Å²) in [5.41, 5.74) is 2.29. The van der Waals surface area contributed by atoms with Crippen molar-refractivity contribution in [2.24, 2.45) is 5.92 Å². The van der Waals surface area contributed by atoms with Crippen molar-refractivity contribution in [3.05, 3.63) is 59.8 Å². The maximum absolute atomic E-state index is 14.7. The third-order valence-corrected chi connectivity index (χ3v) is 5.47. The number of hydrogen-bond acceptors (Lipinski definition) is 5. The number of nitrogens with one attached hydrogen (secondary N) is 2. The molecule has 0 saturated carbocycles. The van der Waals surface area contributed by atoms with Gasteiger partial charge in [0, 0.05) is 30.5 Å². The first kappa shape index (κ1) is 19.9. The minimum absolute atomic E-state index is 0.143. The van der Waals surface area contributed by atoms with E-state index in [4.69, 9.17) is 4.74 Å². The number of hydrogen-bond donors (Lipinski definition) is 2. The summed E-state index contributed by atoms with van der Waals surface area (Å²) in [6, 6.07) is 8.82. The zero-order valence-corrected chi connectivity index (χ0v) is 16.4. The normalized spacial score (nSPS) is 17.6. The number of methoxy groups -OCH3 is 1. The number of nitrogens with zero attached hydrogens (tertiary/aromatic N) is 1. The zero-order valence-electron chi connectivity index (χ0n) is 16.4. The molecule has 2 aliphatic rings. The topological polar surface area (TPSA) is 70.7 Å². The van der Waals surface area contributed by atoms with Gasteiger partial charge >= 0.3 is 5.97 Å². The highest BCUT2D eigenvalue weighted by atomic mass is 19.1. The van der Waals surface area contributed by atoms with Gasteiger partial charge in [0.2, 0.25) is 0 Å². The van der Waals surface area contributed by atoms with E-state index >= 15 is 0 Å². The molecule has 1 fully saturated rings. The number of anilines is 3. The molecule has 8 heteroatoms. The van der Waals surface area contributed by atoms with Gasteiger partial charge < -0.3 is 20.3 Å². The highest BCUT2D eigenvalue weighted by Gasteiger charge is 2.27. The second kappa shape index (κ2) is 8.14. The van der Waals surface area contributed by atoms with Crippen LogP contribution in [0.15, 0.2) is 42.6 Å². The van der Waals surface area contributed by atoms with Crippen LogP contribution in [-0.4, -0.2) is 32.1 Å². The summed E-state index contributed by atoms with van der Waals surface area (Å²) in [7, 11) is 1.38. The first-order valence-corrected chi connectivity index (χ1v) is 9.66. The largest absolute Gasteiger partial charge is 0.469 e. The maximum Gasteiger partial charge on any atom is 0.308 e. The number of benzene rings is 2. The number of ether oxygens (including phenoxy) is 1. The maximum atomic E-state index is 14.7. The van der Waals surface area contributed by atoms with Crippen LogP contribution in [0.2, 0.25) is 0 Å². The average molecular weight is 413 g/mol. The smallest absolute Gasteiger partial charge is 0.308 e. The summed E-state index contributed by atoms with van der Waals surface area (Å²) in [5, 5.41) is 5.54. The summed E-state index contributed by atoms with van der Waals surface area (Å²) < 4.78 is 32.8. The van der Waals surface area contributed by atoms with Crippen LogP contribution in [0.5, 0.6) is 0 Å². The summed E-state index contributed by atoms with van der Waals surface area (Å²) in [6.45, 7) is 1.14. The quantitative estimate of drug-likeness (QED) is 0.590. The molecule has 156 valence electrons. The van der Waals surface area contributed by atoms with E-state index in [1.165, 1.54) is 37.6 Å². The molecule has 0 bridgehead atoms. The van der Waals surface area contributed by atoms with Gasteiger partial charge in [-0.25, -0.2) is 8.78 Å². The van der Waals surface area contributed by atoms with Crippen LogP contribution in [-0.2, 0) is 14.3 Å². The van der Waals surface area contributed by atoms with E-state index in [0.29, 0.717) is 54.1 Å². The molecule has 6 nitrogen and oxygen atoms in total. The van der Waals surface area contributed by atoms with Crippen molar-refractivity contribution in [2.75, 3.05) is 35.7 Å². The van der Waals surface area contributed by atoms with Gasteiger partial charge in [-0.2, -0.15) is 0 Å². The van der Waals surface area contributed by atoms with Crippen LogP contribution >= 0.6 is 0 Å². The number of esters is 1. The molecule has 2 aromatic rings. The Labute approximate surface area is 172 Å². The molecule has 2 N–H and O–H groups in total. The molecular weight excluding hydrogens is 392 g/mol. The Morgan fingerprint density at radius 3 is 2.67 bits per heavy atom. The SMILES string of the molecule is COC(=O)C1CCN(c2ccc(NC=C3C(=O)Nc4cc(F)ccc43)cc2F)CC1. The predicted molar refractivity (Wildman–Crippen MR) is 110 cm³/mol. The van der Waals surface area contributed by atoms with Crippen LogP contribution in [0.1, 0.15) is 18.4 Å². The van der Waals surface area contributed by atoms with E-state index in [1.54, 1.807) is 12.1 Å². The lowest BCUT2D eigenvalue weighted by Crippen LogP contribution is -2.37. The van der Waals surface area contributed by atoms with E-state index < -0.39 is 11.6 Å². The predicted octanol–water partition coefficient (Wildman–Crippen LogP) is 3.76. The molecule has 4 rings (SSSR count). The van der Waals surface area contributed by atoms with Crippen molar-refractivity contribution >= 4 is 34.5 Å². The number of amides is 1. The number of piperidine rings is 1. The lowest BCUT2D eigenvalue weighted by atomic mass is 9.96. The van der Waals surface area contributed by atoms with Crippen molar-refractivity contribution in [1.82, 2.24) is 0 Å². The Kier molecular flexibility index (Phi) is 5.39. The molecule has 0 radical (unpaired) electrons. The second-order valence-electron chi connectivity index (χ2n) is 7.30. The van der Waals surface area contributed by atoms with E-state index in [0.717, 1.165) is 0 Å². The Morgan fingerprint density at radius 2 is 1.97 bits per heavy atom. The minimum Gasteiger partial charge on any atom is -0.469 e. The van der Waals surface area contributed by atoms with Crippen LogP contribution in [0.4, 0.5) is 25.8 Å². The molecule has 0 aliphatic carbocycles. The molecule has 1 amide bonds. The second-order valence-corrected chi connectivity index (χ2v) is 7.30. The van der Waals surface area contributed by atoms with E-state index in [1.807, 2.05) is 4.90 Å². The number of carbonyl (C=O) groups excluding carboxylic acids is 2. The van der Waals surface area contributed by atoms with Gasteiger partial charge in [0.05, 0.1) is 30.0 Å². The third-order valence-electron chi connectivity index (χ3n) is 5.47. The molecule has 30 heavy (non-hydrogen) atoms. The van der Waals surface area contributed by atoms with E-state index in [2.05, 4.69) is 10.6 Å². The standard InChI is InChI=1S/C22H21F2N3O3/c1-30-22(29)13-6-8-27(9-7-13)20-5-3-15(11-18(20)24)25-12-17-16-4-2-14(23)10-19(16)26-21(17)28/h2-5,10-13,25H,6-9H2,1H3,(H,26,28). The van der Waals surface area contributed by atoms with Crippen LogP contribution < -0.4 is 15.5 Å². The molecule has 1 saturated heterocycles. The van der Waals surface area contributed by atoms with Gasteiger partial charge in [-0.3, -0.25) is 9.59 Å². The average Bonchev–Trinajstić information content (AvgIpc) is 3.05. The van der Waals surface area contributed by atoms with Gasteiger partial charge in [-0.1, -0.05) is 0 Å². The Balaban J connectivity index is 1.45. The van der Waals surface area contributed by atoms with Crippen molar-refractivity contribution in [1.29, 1.82) is 0 Å². The summed E-state index contributed by atoms with van der Waals surface area (Å²) in [5.74, 6) is -1.54. The number of fused-ring (bicyclic) bond motifs is 1. The summed E-state index contributed by atoms with van der Waals surface area (Å²) >= 11 is 0. The zero-order chi connectivity index (χ0) is 21.3. The minimum atomic E-state index is -0.434. The number of halogens is 2. The Hall–Kier alpha value is -3.42.